The molecule has 2 unspecified atom stereocenters. The molecule has 0 aromatic heterocycles. The number of nitrogens with one attached hydrogen (secondary N) is 2. The first-order chi connectivity index (χ1) is 9.90. The van der Waals surface area contributed by atoms with Gasteiger partial charge in [0.05, 0.1) is 5.02 Å². The van der Waals surface area contributed by atoms with Gasteiger partial charge in [-0.1, -0.05) is 43.5 Å². The molecule has 1 fully saturated rings. The van der Waals surface area contributed by atoms with Crippen LogP contribution in [0.1, 0.15) is 32.3 Å². The SMILES string of the molecule is CCNCc1c(Cl)ccc(S(=O)(=O)NC2CC2CC)c1Cl. The predicted octanol–water partition coefficient (Wildman–Crippen LogP) is 3.18. The lowest BCUT2D eigenvalue weighted by atomic mass is 10.2. The van der Waals surface area contributed by atoms with Crippen LogP contribution in [0.4, 0.5) is 0 Å². The van der Waals surface area contributed by atoms with Gasteiger partial charge in [0.1, 0.15) is 4.90 Å². The molecule has 0 spiro atoms. The number of halogens is 2. The fourth-order valence-electron chi connectivity index (χ4n) is 2.30. The van der Waals surface area contributed by atoms with E-state index in [1.807, 2.05) is 6.92 Å². The predicted molar refractivity (Wildman–Crippen MR) is 86.4 cm³/mol. The maximum absolute atomic E-state index is 12.4. The lowest BCUT2D eigenvalue weighted by Gasteiger charge is -2.13. The summed E-state index contributed by atoms with van der Waals surface area (Å²) >= 11 is 12.4. The maximum Gasteiger partial charge on any atom is 0.242 e. The van der Waals surface area contributed by atoms with Gasteiger partial charge in [0.25, 0.3) is 0 Å². The lowest BCUT2D eigenvalue weighted by Crippen LogP contribution is -2.27. The Bertz CT molecular complexity index is 620. The third-order valence-corrected chi connectivity index (χ3v) is 6.18. The molecule has 0 heterocycles. The van der Waals surface area contributed by atoms with Crippen molar-refractivity contribution in [3.63, 3.8) is 0 Å². The van der Waals surface area contributed by atoms with Crippen LogP contribution in [0, 0.1) is 5.92 Å². The van der Waals surface area contributed by atoms with Crippen LogP contribution in [0.3, 0.4) is 0 Å². The Kier molecular flexibility index (Phi) is 5.54. The molecule has 0 amide bonds. The minimum Gasteiger partial charge on any atom is -0.313 e. The Balaban J connectivity index is 2.26. The van der Waals surface area contributed by atoms with Gasteiger partial charge in [0, 0.05) is 23.2 Å². The third kappa shape index (κ3) is 3.90. The van der Waals surface area contributed by atoms with Crippen molar-refractivity contribution in [2.24, 2.45) is 5.92 Å². The first kappa shape index (κ1) is 17.0. The van der Waals surface area contributed by atoms with Crippen molar-refractivity contribution in [2.45, 2.75) is 44.2 Å². The van der Waals surface area contributed by atoms with Crippen molar-refractivity contribution in [1.82, 2.24) is 10.0 Å². The Morgan fingerprint density at radius 1 is 1.29 bits per heavy atom. The average molecular weight is 351 g/mol. The summed E-state index contributed by atoms with van der Waals surface area (Å²) in [5, 5.41) is 3.78. The third-order valence-electron chi connectivity index (χ3n) is 3.75. The Labute approximate surface area is 136 Å². The molecule has 7 heteroatoms. The van der Waals surface area contributed by atoms with Gasteiger partial charge >= 0.3 is 0 Å². The summed E-state index contributed by atoms with van der Waals surface area (Å²) in [6.07, 6.45) is 1.87. The first-order valence-corrected chi connectivity index (χ1v) is 9.34. The molecule has 2 rings (SSSR count). The number of hydrogen-bond donors (Lipinski definition) is 2. The zero-order valence-corrected chi connectivity index (χ0v) is 14.4. The quantitative estimate of drug-likeness (QED) is 0.793. The van der Waals surface area contributed by atoms with E-state index in [4.69, 9.17) is 23.2 Å². The largest absolute Gasteiger partial charge is 0.313 e. The summed E-state index contributed by atoms with van der Waals surface area (Å²) in [5.41, 5.74) is 0.617. The molecule has 1 saturated carbocycles. The average Bonchev–Trinajstić information content (AvgIpc) is 3.15. The number of rotatable bonds is 7. The maximum atomic E-state index is 12.4. The molecular formula is C14H20Cl2N2O2S. The highest BCUT2D eigenvalue weighted by atomic mass is 35.5. The minimum absolute atomic E-state index is 0.0314. The number of sulfonamides is 1. The van der Waals surface area contributed by atoms with E-state index in [0.717, 1.165) is 19.4 Å². The van der Waals surface area contributed by atoms with Gasteiger partial charge in [-0.05, 0) is 31.0 Å². The van der Waals surface area contributed by atoms with Gasteiger partial charge in [-0.25, -0.2) is 13.1 Å². The molecule has 2 N–H and O–H groups in total. The molecule has 0 aliphatic heterocycles. The second kappa shape index (κ2) is 6.84. The van der Waals surface area contributed by atoms with Crippen LogP contribution < -0.4 is 10.0 Å². The van der Waals surface area contributed by atoms with Gasteiger partial charge in [-0.2, -0.15) is 0 Å². The van der Waals surface area contributed by atoms with Gasteiger partial charge in [-0.15, -0.1) is 0 Å². The summed E-state index contributed by atoms with van der Waals surface area (Å²) < 4.78 is 27.6. The zero-order valence-electron chi connectivity index (χ0n) is 12.1. The molecule has 1 aromatic rings. The first-order valence-electron chi connectivity index (χ1n) is 7.10. The molecule has 1 aliphatic rings. The van der Waals surface area contributed by atoms with Crippen molar-refractivity contribution in [3.05, 3.63) is 27.7 Å². The van der Waals surface area contributed by atoms with Crippen molar-refractivity contribution in [3.8, 4) is 0 Å². The molecule has 4 nitrogen and oxygen atoms in total. The molecule has 21 heavy (non-hydrogen) atoms. The molecule has 1 aliphatic carbocycles. The number of benzene rings is 1. The zero-order chi connectivity index (χ0) is 15.6. The van der Waals surface area contributed by atoms with Crippen LogP contribution in [0.2, 0.25) is 10.0 Å². The monoisotopic (exact) mass is 350 g/mol. The molecule has 0 radical (unpaired) electrons. The van der Waals surface area contributed by atoms with Crippen molar-refractivity contribution < 1.29 is 8.42 Å². The van der Waals surface area contributed by atoms with Crippen molar-refractivity contribution in [2.75, 3.05) is 6.54 Å². The van der Waals surface area contributed by atoms with E-state index in [1.165, 1.54) is 6.07 Å². The number of hydrogen-bond acceptors (Lipinski definition) is 3. The highest BCUT2D eigenvalue weighted by Crippen LogP contribution is 2.36. The summed E-state index contributed by atoms with van der Waals surface area (Å²) in [5.74, 6) is 0.437. The van der Waals surface area contributed by atoms with Crippen molar-refractivity contribution in [1.29, 1.82) is 0 Å². The molecule has 0 saturated heterocycles. The van der Waals surface area contributed by atoms with Crippen LogP contribution in [0.15, 0.2) is 17.0 Å². The molecular weight excluding hydrogens is 331 g/mol. The van der Waals surface area contributed by atoms with Crippen LogP contribution in [0.25, 0.3) is 0 Å². The highest BCUT2D eigenvalue weighted by molar-refractivity contribution is 7.89. The van der Waals surface area contributed by atoms with E-state index in [0.29, 0.717) is 23.0 Å². The van der Waals surface area contributed by atoms with E-state index in [-0.39, 0.29) is 16.0 Å². The van der Waals surface area contributed by atoms with E-state index < -0.39 is 10.0 Å². The fraction of sp³-hybridized carbons (Fsp3) is 0.571. The second-order valence-corrected chi connectivity index (χ2v) is 7.72. The highest BCUT2D eigenvalue weighted by Gasteiger charge is 2.39. The molecule has 1 aromatic carbocycles. The van der Waals surface area contributed by atoms with Crippen LogP contribution >= 0.6 is 23.2 Å². The van der Waals surface area contributed by atoms with E-state index >= 15 is 0 Å². The van der Waals surface area contributed by atoms with E-state index in [1.54, 1.807) is 6.07 Å². The summed E-state index contributed by atoms with van der Waals surface area (Å²) in [6, 6.07) is 3.08. The van der Waals surface area contributed by atoms with Crippen LogP contribution in [-0.2, 0) is 16.6 Å². The van der Waals surface area contributed by atoms with Gasteiger partial charge in [0.2, 0.25) is 10.0 Å². The minimum atomic E-state index is -3.60. The van der Waals surface area contributed by atoms with E-state index in [2.05, 4.69) is 17.0 Å². The van der Waals surface area contributed by atoms with Crippen LogP contribution in [-0.4, -0.2) is 21.0 Å². The Morgan fingerprint density at radius 3 is 2.57 bits per heavy atom. The molecule has 2 atom stereocenters. The van der Waals surface area contributed by atoms with Gasteiger partial charge in [-0.3, -0.25) is 0 Å². The van der Waals surface area contributed by atoms with E-state index in [9.17, 15) is 8.42 Å². The van der Waals surface area contributed by atoms with Gasteiger partial charge < -0.3 is 5.32 Å². The summed E-state index contributed by atoms with van der Waals surface area (Å²) in [4.78, 5) is 0.100. The van der Waals surface area contributed by atoms with Crippen molar-refractivity contribution >= 4 is 33.2 Å². The fourth-order valence-corrected chi connectivity index (χ4v) is 4.53. The Morgan fingerprint density at radius 2 is 2.00 bits per heavy atom. The summed E-state index contributed by atoms with van der Waals surface area (Å²) in [7, 11) is -3.60. The standard InChI is InChI=1S/C14H20Cl2N2O2S/c1-3-9-7-12(9)18-21(19,20)13-6-5-11(15)10(14(13)16)8-17-4-2/h5-6,9,12,17-18H,3-4,7-8H2,1-2H3. The van der Waals surface area contributed by atoms with Gasteiger partial charge in [0.15, 0.2) is 0 Å². The smallest absolute Gasteiger partial charge is 0.242 e. The second-order valence-electron chi connectivity index (χ2n) is 5.25. The molecule has 118 valence electrons. The molecule has 0 bridgehead atoms. The Hall–Kier alpha value is -0.330. The van der Waals surface area contributed by atoms with Crippen LogP contribution in [0.5, 0.6) is 0 Å². The normalized spacial score (nSPS) is 21.5. The summed E-state index contributed by atoms with van der Waals surface area (Å²) in [6.45, 7) is 5.21. The topological polar surface area (TPSA) is 58.2 Å². The lowest BCUT2D eigenvalue weighted by molar-refractivity contribution is 0.575.